The normalized spacial score (nSPS) is 18.9. The fraction of sp³-hybridized carbons (Fsp3) is 0.667. The van der Waals surface area contributed by atoms with Crippen LogP contribution in [0.1, 0.15) is 30.6 Å². The molecule has 5 nitrogen and oxygen atoms in total. The highest BCUT2D eigenvalue weighted by molar-refractivity contribution is 7.16. The molecule has 2 rings (SSSR count). The number of urea groups is 1. The van der Waals surface area contributed by atoms with Gasteiger partial charge in [0.1, 0.15) is 0 Å². The summed E-state index contributed by atoms with van der Waals surface area (Å²) >= 11 is 1.58. The number of carbonyl (C=O) groups is 1. The lowest BCUT2D eigenvalue weighted by molar-refractivity contribution is 0.157. The molecule has 1 fully saturated rings. The Kier molecular flexibility index (Phi) is 6.48. The molecule has 2 heterocycles. The maximum atomic E-state index is 11.7. The lowest BCUT2D eigenvalue weighted by Gasteiger charge is -2.22. The number of rotatable bonds is 7. The highest BCUT2D eigenvalue weighted by Gasteiger charge is 2.22. The fourth-order valence-corrected chi connectivity index (χ4v) is 3.46. The standard InChI is InChI=1S/C15H25N3O2S/c1-12-6-7-14(21-12)17-15(20)16-8-2-3-9-18-10-4-5-13(18)11-19/h6-7,13,19H,2-5,8-11H2,1H3,(H2,16,17,20). The van der Waals surface area contributed by atoms with E-state index in [9.17, 15) is 9.90 Å². The van der Waals surface area contributed by atoms with E-state index in [1.165, 1.54) is 11.3 Å². The van der Waals surface area contributed by atoms with E-state index in [1.54, 1.807) is 11.3 Å². The zero-order chi connectivity index (χ0) is 15.1. The smallest absolute Gasteiger partial charge is 0.319 e. The van der Waals surface area contributed by atoms with Gasteiger partial charge in [0.05, 0.1) is 11.6 Å². The van der Waals surface area contributed by atoms with E-state index in [4.69, 9.17) is 0 Å². The average Bonchev–Trinajstić information content (AvgIpc) is 3.07. The molecular weight excluding hydrogens is 286 g/mol. The SMILES string of the molecule is Cc1ccc(NC(=O)NCCCCN2CCCC2CO)s1. The Hall–Kier alpha value is -1.11. The van der Waals surface area contributed by atoms with Crippen LogP contribution in [0.25, 0.3) is 0 Å². The van der Waals surface area contributed by atoms with Crippen molar-refractivity contribution in [1.29, 1.82) is 0 Å². The van der Waals surface area contributed by atoms with Gasteiger partial charge >= 0.3 is 6.03 Å². The third-order valence-electron chi connectivity index (χ3n) is 3.84. The number of hydrogen-bond acceptors (Lipinski definition) is 4. The Bertz CT molecular complexity index is 450. The van der Waals surface area contributed by atoms with Crippen molar-refractivity contribution in [3.63, 3.8) is 0 Å². The predicted molar refractivity (Wildman–Crippen MR) is 87.0 cm³/mol. The van der Waals surface area contributed by atoms with Crippen LogP contribution in [0.4, 0.5) is 9.80 Å². The molecule has 0 aromatic carbocycles. The molecule has 1 aromatic rings. The zero-order valence-electron chi connectivity index (χ0n) is 12.6. The summed E-state index contributed by atoms with van der Waals surface area (Å²) in [5.74, 6) is 0. The summed E-state index contributed by atoms with van der Waals surface area (Å²) in [6.45, 7) is 5.08. The second-order valence-electron chi connectivity index (χ2n) is 5.51. The van der Waals surface area contributed by atoms with Crippen LogP contribution in [0.5, 0.6) is 0 Å². The van der Waals surface area contributed by atoms with Gasteiger partial charge in [-0.1, -0.05) is 0 Å². The van der Waals surface area contributed by atoms with E-state index in [0.717, 1.165) is 37.4 Å². The lowest BCUT2D eigenvalue weighted by Crippen LogP contribution is -2.34. The van der Waals surface area contributed by atoms with Gasteiger partial charge in [0, 0.05) is 17.5 Å². The summed E-state index contributed by atoms with van der Waals surface area (Å²) in [6.07, 6.45) is 4.31. The van der Waals surface area contributed by atoms with Gasteiger partial charge in [-0.15, -0.1) is 11.3 Å². The zero-order valence-corrected chi connectivity index (χ0v) is 13.4. The summed E-state index contributed by atoms with van der Waals surface area (Å²) in [6, 6.07) is 4.13. The minimum absolute atomic E-state index is 0.133. The van der Waals surface area contributed by atoms with Crippen LogP contribution >= 0.6 is 11.3 Å². The van der Waals surface area contributed by atoms with Crippen molar-refractivity contribution < 1.29 is 9.90 Å². The number of unbranched alkanes of at least 4 members (excludes halogenated alkanes) is 1. The van der Waals surface area contributed by atoms with Gasteiger partial charge in [-0.05, 0) is 57.8 Å². The van der Waals surface area contributed by atoms with Crippen molar-refractivity contribution in [2.24, 2.45) is 0 Å². The van der Waals surface area contributed by atoms with Crippen molar-refractivity contribution in [2.75, 3.05) is 31.6 Å². The van der Waals surface area contributed by atoms with Gasteiger partial charge in [0.25, 0.3) is 0 Å². The number of nitrogens with one attached hydrogen (secondary N) is 2. The lowest BCUT2D eigenvalue weighted by atomic mass is 10.2. The third kappa shape index (κ3) is 5.30. The fourth-order valence-electron chi connectivity index (χ4n) is 2.70. The Morgan fingerprint density at radius 2 is 2.33 bits per heavy atom. The highest BCUT2D eigenvalue weighted by Crippen LogP contribution is 2.20. The molecule has 1 atom stereocenters. The molecule has 1 aliphatic rings. The highest BCUT2D eigenvalue weighted by atomic mass is 32.1. The monoisotopic (exact) mass is 311 g/mol. The molecule has 0 radical (unpaired) electrons. The largest absolute Gasteiger partial charge is 0.395 e. The van der Waals surface area contributed by atoms with Crippen LogP contribution in [0.2, 0.25) is 0 Å². The van der Waals surface area contributed by atoms with Gasteiger partial charge in [-0.3, -0.25) is 10.2 Å². The number of thiophene rings is 1. The first-order chi connectivity index (χ1) is 10.2. The van der Waals surface area contributed by atoms with Crippen molar-refractivity contribution in [2.45, 2.75) is 38.6 Å². The van der Waals surface area contributed by atoms with Crippen LogP contribution in [0, 0.1) is 6.92 Å². The Balaban J connectivity index is 1.54. The Morgan fingerprint density at radius 3 is 3.05 bits per heavy atom. The summed E-state index contributed by atoms with van der Waals surface area (Å²) in [4.78, 5) is 15.2. The molecule has 1 unspecified atom stereocenters. The molecule has 21 heavy (non-hydrogen) atoms. The molecule has 118 valence electrons. The van der Waals surface area contributed by atoms with Crippen LogP contribution in [-0.2, 0) is 0 Å². The number of amides is 2. The second kappa shape index (κ2) is 8.36. The van der Waals surface area contributed by atoms with Gasteiger partial charge in [-0.25, -0.2) is 4.79 Å². The summed E-state index contributed by atoms with van der Waals surface area (Å²) in [5, 5.41) is 15.8. The van der Waals surface area contributed by atoms with Crippen molar-refractivity contribution >= 4 is 22.4 Å². The minimum atomic E-state index is -0.133. The Morgan fingerprint density at radius 1 is 1.48 bits per heavy atom. The quantitative estimate of drug-likeness (QED) is 0.678. The number of hydrogen-bond donors (Lipinski definition) is 3. The van der Waals surface area contributed by atoms with E-state index in [0.29, 0.717) is 12.6 Å². The molecular formula is C15H25N3O2S. The number of aliphatic hydroxyl groups is 1. The summed E-state index contributed by atoms with van der Waals surface area (Å²) < 4.78 is 0. The van der Waals surface area contributed by atoms with E-state index in [1.807, 2.05) is 19.1 Å². The van der Waals surface area contributed by atoms with E-state index in [-0.39, 0.29) is 12.6 Å². The van der Waals surface area contributed by atoms with Gasteiger partial charge in [0.15, 0.2) is 0 Å². The first kappa shape index (κ1) is 16.3. The van der Waals surface area contributed by atoms with Gasteiger partial charge in [0.2, 0.25) is 0 Å². The van der Waals surface area contributed by atoms with Crippen molar-refractivity contribution in [3.8, 4) is 0 Å². The molecule has 1 aliphatic heterocycles. The molecule has 6 heteroatoms. The average molecular weight is 311 g/mol. The molecule has 1 aromatic heterocycles. The predicted octanol–water partition coefficient (Wildman–Crippen LogP) is 2.41. The molecule has 2 amide bonds. The van der Waals surface area contributed by atoms with E-state index >= 15 is 0 Å². The first-order valence-electron chi connectivity index (χ1n) is 7.65. The second-order valence-corrected chi connectivity index (χ2v) is 6.80. The number of anilines is 1. The maximum absolute atomic E-state index is 11.7. The van der Waals surface area contributed by atoms with Crippen LogP contribution < -0.4 is 10.6 Å². The molecule has 3 N–H and O–H groups in total. The minimum Gasteiger partial charge on any atom is -0.395 e. The summed E-state index contributed by atoms with van der Waals surface area (Å²) in [5.41, 5.74) is 0. The number of nitrogens with zero attached hydrogens (tertiary/aromatic N) is 1. The van der Waals surface area contributed by atoms with Crippen LogP contribution in [0.15, 0.2) is 12.1 Å². The van der Waals surface area contributed by atoms with Gasteiger partial charge < -0.3 is 10.4 Å². The first-order valence-corrected chi connectivity index (χ1v) is 8.47. The molecule has 0 spiro atoms. The number of aryl methyl sites for hydroxylation is 1. The molecule has 0 aliphatic carbocycles. The number of aliphatic hydroxyl groups excluding tert-OH is 1. The van der Waals surface area contributed by atoms with Crippen molar-refractivity contribution in [3.05, 3.63) is 17.0 Å². The number of likely N-dealkylation sites (tertiary alicyclic amines) is 1. The van der Waals surface area contributed by atoms with Crippen LogP contribution in [0.3, 0.4) is 0 Å². The Labute approximate surface area is 130 Å². The summed E-state index contributed by atoms with van der Waals surface area (Å²) in [7, 11) is 0. The van der Waals surface area contributed by atoms with Gasteiger partial charge in [-0.2, -0.15) is 0 Å². The number of carbonyl (C=O) groups excluding carboxylic acids is 1. The molecule has 1 saturated heterocycles. The van der Waals surface area contributed by atoms with E-state index < -0.39 is 0 Å². The van der Waals surface area contributed by atoms with E-state index in [2.05, 4.69) is 15.5 Å². The van der Waals surface area contributed by atoms with Crippen molar-refractivity contribution in [1.82, 2.24) is 10.2 Å². The molecule has 0 bridgehead atoms. The topological polar surface area (TPSA) is 64.6 Å². The maximum Gasteiger partial charge on any atom is 0.319 e. The van der Waals surface area contributed by atoms with Crippen LogP contribution in [-0.4, -0.2) is 48.3 Å². The molecule has 0 saturated carbocycles. The third-order valence-corrected chi connectivity index (χ3v) is 4.76.